The molecule has 226 valence electrons. The van der Waals surface area contributed by atoms with E-state index in [2.05, 4.69) is 16.0 Å². The lowest BCUT2D eigenvalue weighted by molar-refractivity contribution is -0.116. The maximum atomic E-state index is 13.5. The molecule has 4 aromatic rings. The highest BCUT2D eigenvalue weighted by Gasteiger charge is 2.20. The van der Waals surface area contributed by atoms with Gasteiger partial charge in [-0.1, -0.05) is 49.4 Å². The number of amides is 3. The van der Waals surface area contributed by atoms with Crippen LogP contribution in [0.15, 0.2) is 108 Å². The second-order valence-electron chi connectivity index (χ2n) is 10.2. The van der Waals surface area contributed by atoms with Gasteiger partial charge in [0.15, 0.2) is 0 Å². The number of ether oxygens (including phenoxy) is 1. The van der Waals surface area contributed by atoms with E-state index < -0.39 is 11.8 Å². The van der Waals surface area contributed by atoms with Gasteiger partial charge < -0.3 is 20.7 Å². The van der Waals surface area contributed by atoms with Gasteiger partial charge in [0, 0.05) is 21.8 Å². The van der Waals surface area contributed by atoms with Crippen LogP contribution in [-0.4, -0.2) is 29.6 Å². The molecule has 0 saturated heterocycles. The van der Waals surface area contributed by atoms with Crippen LogP contribution in [0.4, 0.5) is 11.4 Å². The lowest BCUT2D eigenvalue weighted by Gasteiger charge is -2.16. The SMILES string of the molecule is CCOc1ccc(/C=C(/NC(=O)c2ccccc2)C(=O)Nc2cccc(SC(CC)C(=O)Nc3ccc(C)c(C)c3)c2)cc1. The Morgan fingerprint density at radius 2 is 1.52 bits per heavy atom. The number of aryl methyl sites for hydroxylation is 2. The van der Waals surface area contributed by atoms with Gasteiger partial charge in [0.05, 0.1) is 11.9 Å². The van der Waals surface area contributed by atoms with Crippen LogP contribution in [0.25, 0.3) is 6.08 Å². The zero-order chi connectivity index (χ0) is 31.5. The minimum atomic E-state index is -0.482. The summed E-state index contributed by atoms with van der Waals surface area (Å²) in [6.45, 7) is 8.47. The maximum Gasteiger partial charge on any atom is 0.272 e. The number of benzene rings is 4. The van der Waals surface area contributed by atoms with E-state index in [9.17, 15) is 14.4 Å². The molecule has 1 unspecified atom stereocenters. The van der Waals surface area contributed by atoms with Gasteiger partial charge in [0.2, 0.25) is 5.91 Å². The van der Waals surface area contributed by atoms with Crippen molar-refractivity contribution in [2.45, 2.75) is 44.3 Å². The Bertz CT molecular complexity index is 1640. The van der Waals surface area contributed by atoms with E-state index in [1.807, 2.05) is 94.4 Å². The molecule has 0 saturated carbocycles. The molecule has 0 heterocycles. The fraction of sp³-hybridized carbons (Fsp3) is 0.194. The molecule has 1 atom stereocenters. The Labute approximate surface area is 263 Å². The first kappa shape index (κ1) is 32.1. The summed E-state index contributed by atoms with van der Waals surface area (Å²) < 4.78 is 5.52. The summed E-state index contributed by atoms with van der Waals surface area (Å²) in [6, 6.07) is 29.2. The lowest BCUT2D eigenvalue weighted by atomic mass is 10.1. The highest BCUT2D eigenvalue weighted by atomic mass is 32.2. The third-order valence-corrected chi connectivity index (χ3v) is 8.20. The van der Waals surface area contributed by atoms with Gasteiger partial charge in [-0.25, -0.2) is 0 Å². The van der Waals surface area contributed by atoms with Gasteiger partial charge in [-0.2, -0.15) is 0 Å². The minimum absolute atomic E-state index is 0.0836. The van der Waals surface area contributed by atoms with Crippen LogP contribution in [0.3, 0.4) is 0 Å². The second kappa shape index (κ2) is 15.6. The Morgan fingerprint density at radius 1 is 0.795 bits per heavy atom. The van der Waals surface area contributed by atoms with Crippen molar-refractivity contribution in [1.82, 2.24) is 5.32 Å². The van der Waals surface area contributed by atoms with Crippen LogP contribution in [0.1, 0.15) is 47.3 Å². The molecule has 3 N–H and O–H groups in total. The maximum absolute atomic E-state index is 13.5. The molecule has 8 heteroatoms. The third-order valence-electron chi connectivity index (χ3n) is 6.84. The van der Waals surface area contributed by atoms with Gasteiger partial charge >= 0.3 is 0 Å². The summed E-state index contributed by atoms with van der Waals surface area (Å²) in [6.07, 6.45) is 2.24. The normalized spacial score (nSPS) is 11.8. The van der Waals surface area contributed by atoms with E-state index in [0.29, 0.717) is 30.0 Å². The predicted octanol–water partition coefficient (Wildman–Crippen LogP) is 7.62. The van der Waals surface area contributed by atoms with E-state index in [1.54, 1.807) is 36.4 Å². The Kier molecular flexibility index (Phi) is 11.4. The smallest absolute Gasteiger partial charge is 0.272 e. The first-order valence-electron chi connectivity index (χ1n) is 14.5. The van der Waals surface area contributed by atoms with Crippen LogP contribution < -0.4 is 20.7 Å². The number of anilines is 2. The largest absolute Gasteiger partial charge is 0.494 e. The van der Waals surface area contributed by atoms with E-state index in [-0.39, 0.29) is 16.9 Å². The fourth-order valence-corrected chi connectivity index (χ4v) is 5.32. The molecule has 4 aromatic carbocycles. The van der Waals surface area contributed by atoms with Crippen molar-refractivity contribution < 1.29 is 19.1 Å². The van der Waals surface area contributed by atoms with E-state index in [0.717, 1.165) is 21.7 Å². The minimum Gasteiger partial charge on any atom is -0.494 e. The Hall–Kier alpha value is -4.82. The topological polar surface area (TPSA) is 96.5 Å². The summed E-state index contributed by atoms with van der Waals surface area (Å²) in [5, 5.41) is 8.36. The van der Waals surface area contributed by atoms with Crippen molar-refractivity contribution in [1.29, 1.82) is 0 Å². The van der Waals surface area contributed by atoms with Crippen molar-refractivity contribution in [2.24, 2.45) is 0 Å². The van der Waals surface area contributed by atoms with Gasteiger partial charge in [-0.15, -0.1) is 11.8 Å². The van der Waals surface area contributed by atoms with Crippen LogP contribution in [-0.2, 0) is 9.59 Å². The molecule has 0 aliphatic carbocycles. The summed E-state index contributed by atoms with van der Waals surface area (Å²) in [5.74, 6) is -0.252. The highest BCUT2D eigenvalue weighted by molar-refractivity contribution is 8.00. The Morgan fingerprint density at radius 3 is 2.20 bits per heavy atom. The zero-order valence-corrected chi connectivity index (χ0v) is 26.2. The molecule has 0 bridgehead atoms. The van der Waals surface area contributed by atoms with Crippen molar-refractivity contribution in [3.05, 3.63) is 125 Å². The van der Waals surface area contributed by atoms with Crippen molar-refractivity contribution in [3.63, 3.8) is 0 Å². The molecule has 44 heavy (non-hydrogen) atoms. The molecule has 0 aliphatic rings. The monoisotopic (exact) mass is 607 g/mol. The molecule has 0 spiro atoms. The number of nitrogens with one attached hydrogen (secondary N) is 3. The van der Waals surface area contributed by atoms with Crippen LogP contribution in [0, 0.1) is 13.8 Å². The van der Waals surface area contributed by atoms with Gasteiger partial charge in [0.25, 0.3) is 11.8 Å². The van der Waals surface area contributed by atoms with Gasteiger partial charge in [-0.3, -0.25) is 14.4 Å². The first-order valence-corrected chi connectivity index (χ1v) is 15.4. The molecular formula is C36H37N3O4S. The number of hydrogen-bond donors (Lipinski definition) is 3. The molecule has 0 aromatic heterocycles. The zero-order valence-electron chi connectivity index (χ0n) is 25.3. The standard InChI is InChI=1S/C36H37N3O4S/c1-5-33(36(42)38-29-18-15-24(3)25(4)21-29)44-31-14-10-13-28(23-31)37-35(41)32(39-34(40)27-11-8-7-9-12-27)22-26-16-19-30(20-17-26)43-6-2/h7-23,33H,5-6H2,1-4H3,(H,37,41)(H,38,42)(H,39,40)/b32-22+. The molecular weight excluding hydrogens is 570 g/mol. The van der Waals surface area contributed by atoms with Crippen LogP contribution in [0.2, 0.25) is 0 Å². The predicted molar refractivity (Wildman–Crippen MR) is 179 cm³/mol. The molecule has 0 radical (unpaired) electrons. The first-order chi connectivity index (χ1) is 21.2. The Balaban J connectivity index is 1.50. The van der Waals surface area contributed by atoms with Gasteiger partial charge in [-0.05, 0) is 105 Å². The number of thioether (sulfide) groups is 1. The van der Waals surface area contributed by atoms with Crippen molar-refractivity contribution in [2.75, 3.05) is 17.2 Å². The number of carbonyl (C=O) groups is 3. The summed E-state index contributed by atoms with van der Waals surface area (Å²) in [7, 11) is 0. The van der Waals surface area contributed by atoms with E-state index in [1.165, 1.54) is 17.3 Å². The molecule has 4 rings (SSSR count). The average Bonchev–Trinajstić information content (AvgIpc) is 3.03. The van der Waals surface area contributed by atoms with Gasteiger partial charge in [0.1, 0.15) is 11.4 Å². The van der Waals surface area contributed by atoms with Crippen molar-refractivity contribution in [3.8, 4) is 5.75 Å². The van der Waals surface area contributed by atoms with E-state index in [4.69, 9.17) is 4.74 Å². The second-order valence-corrected chi connectivity index (χ2v) is 11.4. The average molecular weight is 608 g/mol. The number of rotatable bonds is 12. The van der Waals surface area contributed by atoms with Crippen molar-refractivity contribution >= 4 is 46.9 Å². The third kappa shape index (κ3) is 9.09. The summed E-state index contributed by atoms with van der Waals surface area (Å²) in [5.41, 5.74) is 4.82. The number of carbonyl (C=O) groups excluding carboxylic acids is 3. The van der Waals surface area contributed by atoms with E-state index >= 15 is 0 Å². The fourth-order valence-electron chi connectivity index (χ4n) is 4.31. The van der Waals surface area contributed by atoms with Crippen LogP contribution in [0.5, 0.6) is 5.75 Å². The molecule has 7 nitrogen and oxygen atoms in total. The van der Waals surface area contributed by atoms with Crippen LogP contribution >= 0.6 is 11.8 Å². The summed E-state index contributed by atoms with van der Waals surface area (Å²) in [4.78, 5) is 40.4. The summed E-state index contributed by atoms with van der Waals surface area (Å²) >= 11 is 1.43. The quantitative estimate of drug-likeness (QED) is 0.114. The molecule has 0 fully saturated rings. The lowest BCUT2D eigenvalue weighted by Crippen LogP contribution is -2.30. The highest BCUT2D eigenvalue weighted by Crippen LogP contribution is 2.29. The molecule has 0 aliphatic heterocycles. The number of hydrogen-bond acceptors (Lipinski definition) is 5. The molecule has 3 amide bonds.